The van der Waals surface area contributed by atoms with Crippen molar-refractivity contribution in [2.45, 2.75) is 6.92 Å². The van der Waals surface area contributed by atoms with Gasteiger partial charge in [-0.3, -0.25) is 0 Å². The first-order chi connectivity index (χ1) is 7.77. The topological polar surface area (TPSA) is 26.0 Å². The molecule has 1 nitrogen and oxygen atoms in total. The van der Waals surface area contributed by atoms with Gasteiger partial charge >= 0.3 is 0 Å². The fourth-order valence-electron chi connectivity index (χ4n) is 1.45. The molecule has 1 heteroatoms. The maximum atomic E-state index is 5.82. The molecule has 2 N–H and O–H groups in total. The van der Waals surface area contributed by atoms with Gasteiger partial charge in [0.05, 0.1) is 0 Å². The predicted octanol–water partition coefficient (Wildman–Crippen LogP) is 2.98. The highest BCUT2D eigenvalue weighted by molar-refractivity contribution is 5.56. The first-order valence-corrected chi connectivity index (χ1v) is 5.19. The molecule has 2 rings (SSSR count). The van der Waals surface area contributed by atoms with E-state index in [0.717, 1.165) is 22.4 Å². The molecule has 16 heavy (non-hydrogen) atoms. The van der Waals surface area contributed by atoms with Crippen molar-refractivity contribution in [2.24, 2.45) is 0 Å². The van der Waals surface area contributed by atoms with Gasteiger partial charge in [-0.25, -0.2) is 0 Å². The molecule has 0 aromatic heterocycles. The van der Waals surface area contributed by atoms with Crippen LogP contribution < -0.4 is 5.73 Å². The van der Waals surface area contributed by atoms with E-state index in [9.17, 15) is 0 Å². The number of benzene rings is 2. The van der Waals surface area contributed by atoms with Crippen molar-refractivity contribution in [1.82, 2.24) is 0 Å². The van der Waals surface area contributed by atoms with Gasteiger partial charge < -0.3 is 5.73 Å². The zero-order valence-corrected chi connectivity index (χ0v) is 9.20. The number of anilines is 1. The Balaban J connectivity index is 2.35. The molecule has 0 saturated carbocycles. The van der Waals surface area contributed by atoms with Gasteiger partial charge in [0.2, 0.25) is 0 Å². The number of hydrogen-bond acceptors (Lipinski definition) is 1. The van der Waals surface area contributed by atoms with Crippen molar-refractivity contribution in [2.75, 3.05) is 5.73 Å². The second kappa shape index (κ2) is 4.55. The average Bonchev–Trinajstić information content (AvgIpc) is 2.32. The minimum Gasteiger partial charge on any atom is -0.398 e. The van der Waals surface area contributed by atoms with Crippen molar-refractivity contribution in [1.29, 1.82) is 0 Å². The molecule has 0 atom stereocenters. The summed E-state index contributed by atoms with van der Waals surface area (Å²) in [7, 11) is 0. The second-order valence-electron chi connectivity index (χ2n) is 3.64. The molecule has 0 bridgehead atoms. The lowest BCUT2D eigenvalue weighted by atomic mass is 10.1. The maximum absolute atomic E-state index is 5.82. The van der Waals surface area contributed by atoms with E-state index in [-0.39, 0.29) is 0 Å². The van der Waals surface area contributed by atoms with Gasteiger partial charge in [0.25, 0.3) is 0 Å². The first kappa shape index (κ1) is 10.3. The van der Waals surface area contributed by atoms with E-state index in [1.54, 1.807) is 0 Å². The van der Waals surface area contributed by atoms with Gasteiger partial charge in [0.1, 0.15) is 0 Å². The number of nitrogen functional groups attached to an aromatic ring is 1. The SMILES string of the molecule is Cc1c(N)cccc1C#Cc1ccccc1. The van der Waals surface area contributed by atoms with Gasteiger partial charge in [-0.1, -0.05) is 36.1 Å². The zero-order valence-electron chi connectivity index (χ0n) is 9.20. The first-order valence-electron chi connectivity index (χ1n) is 5.19. The van der Waals surface area contributed by atoms with Crippen molar-refractivity contribution < 1.29 is 0 Å². The third-order valence-corrected chi connectivity index (χ3v) is 2.49. The quantitative estimate of drug-likeness (QED) is 0.521. The summed E-state index contributed by atoms with van der Waals surface area (Å²) in [6.45, 7) is 1.99. The molecule has 0 fully saturated rings. The predicted molar refractivity (Wildman–Crippen MR) is 68.0 cm³/mol. The summed E-state index contributed by atoms with van der Waals surface area (Å²) in [5, 5.41) is 0. The molecule has 0 unspecified atom stereocenters. The lowest BCUT2D eigenvalue weighted by Crippen LogP contribution is -1.91. The summed E-state index contributed by atoms with van der Waals surface area (Å²) in [4.78, 5) is 0. The maximum Gasteiger partial charge on any atom is 0.0356 e. The van der Waals surface area contributed by atoms with Crippen molar-refractivity contribution in [3.05, 3.63) is 65.2 Å². The van der Waals surface area contributed by atoms with Crippen molar-refractivity contribution in [3.8, 4) is 11.8 Å². The van der Waals surface area contributed by atoms with Crippen LogP contribution >= 0.6 is 0 Å². The van der Waals surface area contributed by atoms with Gasteiger partial charge in [0.15, 0.2) is 0 Å². The molecular weight excluding hydrogens is 194 g/mol. The summed E-state index contributed by atoms with van der Waals surface area (Å²) in [5.74, 6) is 6.26. The van der Waals surface area contributed by atoms with E-state index in [2.05, 4.69) is 11.8 Å². The van der Waals surface area contributed by atoms with Crippen LogP contribution in [-0.4, -0.2) is 0 Å². The van der Waals surface area contributed by atoms with Crippen LogP contribution in [0, 0.1) is 18.8 Å². The molecule has 0 aliphatic carbocycles. The van der Waals surface area contributed by atoms with Crippen LogP contribution in [0.5, 0.6) is 0 Å². The normalized spacial score (nSPS) is 9.31. The average molecular weight is 207 g/mol. The minimum atomic E-state index is 0.792. The summed E-state index contributed by atoms with van der Waals surface area (Å²) in [6.07, 6.45) is 0. The highest BCUT2D eigenvalue weighted by Crippen LogP contribution is 2.14. The molecule has 78 valence electrons. The van der Waals surface area contributed by atoms with Crippen molar-refractivity contribution in [3.63, 3.8) is 0 Å². The Morgan fingerprint density at radius 3 is 2.38 bits per heavy atom. The Morgan fingerprint density at radius 1 is 0.875 bits per heavy atom. The highest BCUT2D eigenvalue weighted by Gasteiger charge is 1.96. The van der Waals surface area contributed by atoms with E-state index in [1.165, 1.54) is 0 Å². The third kappa shape index (κ3) is 2.24. The Hall–Kier alpha value is -2.20. The Kier molecular flexibility index (Phi) is 2.93. The molecule has 2 aromatic rings. The largest absolute Gasteiger partial charge is 0.398 e. The minimum absolute atomic E-state index is 0.792. The molecular formula is C15H13N. The molecule has 0 saturated heterocycles. The van der Waals surface area contributed by atoms with E-state index in [0.29, 0.717) is 0 Å². The van der Waals surface area contributed by atoms with E-state index >= 15 is 0 Å². The molecule has 0 amide bonds. The Morgan fingerprint density at radius 2 is 1.62 bits per heavy atom. The van der Waals surface area contributed by atoms with Gasteiger partial charge in [-0.15, -0.1) is 0 Å². The molecule has 0 aliphatic heterocycles. The van der Waals surface area contributed by atoms with Crippen molar-refractivity contribution >= 4 is 5.69 Å². The fraction of sp³-hybridized carbons (Fsp3) is 0.0667. The van der Waals surface area contributed by atoms with Crippen LogP contribution in [0.1, 0.15) is 16.7 Å². The monoisotopic (exact) mass is 207 g/mol. The molecule has 0 aliphatic rings. The summed E-state index contributed by atoms with van der Waals surface area (Å²) >= 11 is 0. The summed E-state index contributed by atoms with van der Waals surface area (Å²) in [5.41, 5.74) is 9.67. The number of hydrogen-bond donors (Lipinski definition) is 1. The molecule has 0 heterocycles. The lowest BCUT2D eigenvalue weighted by Gasteiger charge is -2.00. The zero-order chi connectivity index (χ0) is 11.4. The summed E-state index contributed by atoms with van der Waals surface area (Å²) < 4.78 is 0. The van der Waals surface area contributed by atoms with E-state index in [1.807, 2.05) is 55.5 Å². The smallest absolute Gasteiger partial charge is 0.0356 e. The number of nitrogens with two attached hydrogens (primary N) is 1. The van der Waals surface area contributed by atoms with Gasteiger partial charge in [-0.2, -0.15) is 0 Å². The van der Waals surface area contributed by atoms with Crippen LogP contribution in [-0.2, 0) is 0 Å². The molecule has 2 aromatic carbocycles. The van der Waals surface area contributed by atoms with Crippen LogP contribution in [0.3, 0.4) is 0 Å². The summed E-state index contributed by atoms with van der Waals surface area (Å²) in [6, 6.07) is 15.7. The Labute approximate surface area is 95.9 Å². The lowest BCUT2D eigenvalue weighted by molar-refractivity contribution is 1.44. The molecule has 0 radical (unpaired) electrons. The third-order valence-electron chi connectivity index (χ3n) is 2.49. The van der Waals surface area contributed by atoms with Gasteiger partial charge in [-0.05, 0) is 36.8 Å². The molecule has 0 spiro atoms. The fourth-order valence-corrected chi connectivity index (χ4v) is 1.45. The van der Waals surface area contributed by atoms with E-state index in [4.69, 9.17) is 5.73 Å². The van der Waals surface area contributed by atoms with Crippen LogP contribution in [0.25, 0.3) is 0 Å². The van der Waals surface area contributed by atoms with E-state index < -0.39 is 0 Å². The van der Waals surface area contributed by atoms with Crippen LogP contribution in [0.2, 0.25) is 0 Å². The second-order valence-corrected chi connectivity index (χ2v) is 3.64. The van der Waals surface area contributed by atoms with Gasteiger partial charge in [0, 0.05) is 16.8 Å². The number of rotatable bonds is 0. The highest BCUT2D eigenvalue weighted by atomic mass is 14.5. The standard InChI is InChI=1S/C15H13N/c1-12-14(8-5-9-15(12)16)11-10-13-6-3-2-4-7-13/h2-9H,16H2,1H3. The van der Waals surface area contributed by atoms with Crippen LogP contribution in [0.15, 0.2) is 48.5 Å². The van der Waals surface area contributed by atoms with Crippen LogP contribution in [0.4, 0.5) is 5.69 Å². The Bertz CT molecular complexity index is 545.